The number of allylic oxidation sites excluding steroid dienone is 1. The maximum absolute atomic E-state index is 14.6. The number of carbonyl (C=O) groups is 2. The van der Waals surface area contributed by atoms with Crippen LogP contribution in [0.25, 0.3) is 33.8 Å². The third-order valence-electron chi connectivity index (χ3n) is 11.4. The van der Waals surface area contributed by atoms with E-state index in [0.29, 0.717) is 31.2 Å². The summed E-state index contributed by atoms with van der Waals surface area (Å²) < 4.78 is 43.9. The fourth-order valence-corrected chi connectivity index (χ4v) is 9.24. The second kappa shape index (κ2) is 13.8. The topological polar surface area (TPSA) is 127 Å². The lowest BCUT2D eigenvalue weighted by atomic mass is 9.81. The first-order valence-corrected chi connectivity index (χ1v) is 20.7. The molecule has 2 saturated carbocycles. The fourth-order valence-electron chi connectivity index (χ4n) is 8.63. The molecule has 0 bridgehead atoms. The van der Waals surface area contributed by atoms with Gasteiger partial charge < -0.3 is 18.9 Å². The summed E-state index contributed by atoms with van der Waals surface area (Å²) in [6.45, 7) is 8.59. The largest absolute Gasteiger partial charge is 0.497 e. The Labute approximate surface area is 311 Å². The summed E-state index contributed by atoms with van der Waals surface area (Å²) in [5.74, 6) is 0.393. The number of aromatic nitrogens is 3. The van der Waals surface area contributed by atoms with Crippen LogP contribution in [0.15, 0.2) is 42.7 Å². The van der Waals surface area contributed by atoms with Gasteiger partial charge in [-0.3, -0.25) is 9.59 Å². The Balaban J connectivity index is 1.33. The molecule has 1 saturated heterocycles. The molecule has 0 unspecified atom stereocenters. The number of H-pyrrole nitrogens is 1. The van der Waals surface area contributed by atoms with Gasteiger partial charge in [0.2, 0.25) is 22.0 Å². The number of fused-ring (bicyclic) bond motifs is 5. The zero-order chi connectivity index (χ0) is 37.2. The van der Waals surface area contributed by atoms with Crippen molar-refractivity contribution in [1.29, 1.82) is 0 Å². The number of nitrogens with one attached hydrogen (secondary N) is 2. The van der Waals surface area contributed by atoms with E-state index in [2.05, 4.69) is 37.0 Å². The first-order valence-electron chi connectivity index (χ1n) is 19.1. The maximum atomic E-state index is 14.6. The van der Waals surface area contributed by atoms with Gasteiger partial charge >= 0.3 is 0 Å². The minimum Gasteiger partial charge on any atom is -0.497 e. The number of benzene rings is 2. The Morgan fingerprint density at radius 1 is 1.00 bits per heavy atom. The molecule has 2 amide bonds. The van der Waals surface area contributed by atoms with Crippen LogP contribution in [-0.4, -0.2) is 72.3 Å². The molecule has 2 aromatic carbocycles. The van der Waals surface area contributed by atoms with Crippen LogP contribution in [0.4, 0.5) is 0 Å². The van der Waals surface area contributed by atoms with Crippen LogP contribution in [0.1, 0.15) is 122 Å². The summed E-state index contributed by atoms with van der Waals surface area (Å²) in [4.78, 5) is 33.6. The average molecular weight is 741 g/mol. The van der Waals surface area contributed by atoms with Crippen molar-refractivity contribution >= 4 is 44.4 Å². The molecule has 11 nitrogen and oxygen atoms in total. The van der Waals surface area contributed by atoms with Gasteiger partial charge in [-0.15, -0.1) is 0 Å². The number of methoxy groups -OCH3 is 1. The van der Waals surface area contributed by atoms with E-state index in [9.17, 15) is 18.0 Å². The van der Waals surface area contributed by atoms with Gasteiger partial charge in [0.25, 0.3) is 11.8 Å². The molecule has 2 aliphatic carbocycles. The number of hydrogen-bond acceptors (Lipinski definition) is 6. The zero-order valence-electron chi connectivity index (χ0n) is 31.3. The third kappa shape index (κ3) is 6.58. The van der Waals surface area contributed by atoms with Crippen LogP contribution in [0, 0.1) is 0 Å². The molecule has 2 aromatic heterocycles. The van der Waals surface area contributed by atoms with Gasteiger partial charge in [-0.25, -0.2) is 22.7 Å². The van der Waals surface area contributed by atoms with Crippen LogP contribution < -0.4 is 14.0 Å². The fraction of sp³-hybridized carbons (Fsp3) is 0.488. The van der Waals surface area contributed by atoms with E-state index in [-0.39, 0.29) is 29.7 Å². The van der Waals surface area contributed by atoms with Crippen molar-refractivity contribution in [3.63, 3.8) is 0 Å². The molecule has 4 aromatic rings. The predicted octanol–water partition coefficient (Wildman–Crippen LogP) is 6.59. The molecule has 0 radical (unpaired) electrons. The Kier molecular flexibility index (Phi) is 9.25. The molecular formula is C41H50N5O6S+. The first kappa shape index (κ1) is 35.6. The molecule has 2 N–H and O–H groups in total. The molecular weight excluding hydrogens is 691 g/mol. The smallest absolute Gasteiger partial charge is 0.298 e. The highest BCUT2D eigenvalue weighted by Gasteiger charge is 2.41. The predicted molar refractivity (Wildman–Crippen MR) is 204 cm³/mol. The SMILES string of the molecule is COc1ccc2c(c1)C=C(c1[nH]c[n+](C3CC3)c1C(=O)N1C[C@@H](C)O[C@@H](C)C1)Cn1c-2c(C2CCCCC2)c2ccc(C(=O)NS(=O)(=O)C(C)C)cc21. The Hall–Kier alpha value is -4.42. The summed E-state index contributed by atoms with van der Waals surface area (Å²) in [7, 11) is -2.16. The number of rotatable bonds is 8. The lowest BCUT2D eigenvalue weighted by Gasteiger charge is -2.34. The standard InChI is InChI=1S/C41H49N5O6S/c1-24(2)53(49,50)43-40(47)28-11-15-34-35(19-28)45-22-30(17-29-18-32(51-5)14-16-33(29)38(45)36(34)27-9-7-6-8-10-27)37-39(46(23-42-37)31-12-13-31)41(48)44-20-25(3)52-26(4)21-44/h11,14-19,23-27,31H,6-10,12-13,20-22H2,1-5H3,(H,43,47)/p+1/t25-,26+. The highest BCUT2D eigenvalue weighted by Crippen LogP contribution is 2.48. The van der Waals surface area contributed by atoms with Gasteiger partial charge in [-0.05, 0) is 107 Å². The Morgan fingerprint density at radius 3 is 2.42 bits per heavy atom. The molecule has 280 valence electrons. The van der Waals surface area contributed by atoms with Crippen molar-refractivity contribution < 1.29 is 32.0 Å². The van der Waals surface area contributed by atoms with Gasteiger partial charge in [-0.1, -0.05) is 25.3 Å². The molecule has 2 aliphatic heterocycles. The molecule has 4 heterocycles. The van der Waals surface area contributed by atoms with Gasteiger partial charge in [0.15, 0.2) is 5.69 Å². The van der Waals surface area contributed by atoms with Crippen molar-refractivity contribution in [2.75, 3.05) is 20.2 Å². The van der Waals surface area contributed by atoms with Crippen LogP contribution in [-0.2, 0) is 21.3 Å². The van der Waals surface area contributed by atoms with E-state index in [4.69, 9.17) is 9.47 Å². The Morgan fingerprint density at radius 2 is 1.74 bits per heavy atom. The lowest BCUT2D eigenvalue weighted by Crippen LogP contribution is -2.51. The monoisotopic (exact) mass is 740 g/mol. The summed E-state index contributed by atoms with van der Waals surface area (Å²) in [5, 5.41) is 0.309. The summed E-state index contributed by atoms with van der Waals surface area (Å²) in [6, 6.07) is 12.0. The van der Waals surface area contributed by atoms with E-state index in [1.54, 1.807) is 27.0 Å². The molecule has 0 spiro atoms. The van der Waals surface area contributed by atoms with E-state index < -0.39 is 21.2 Å². The van der Waals surface area contributed by atoms with Gasteiger partial charge in [-0.2, -0.15) is 0 Å². The lowest BCUT2D eigenvalue weighted by molar-refractivity contribution is -0.701. The number of morpholine rings is 1. The number of aromatic amines is 1. The van der Waals surface area contributed by atoms with Crippen LogP contribution >= 0.6 is 0 Å². The van der Waals surface area contributed by atoms with Crippen molar-refractivity contribution in [3.8, 4) is 17.0 Å². The highest BCUT2D eigenvalue weighted by atomic mass is 32.2. The van der Waals surface area contributed by atoms with Crippen LogP contribution in [0.2, 0.25) is 0 Å². The quantitative estimate of drug-likeness (QED) is 0.197. The molecule has 8 rings (SSSR count). The normalized spacial score (nSPS) is 20.9. The summed E-state index contributed by atoms with van der Waals surface area (Å²) in [5.41, 5.74) is 7.87. The van der Waals surface area contributed by atoms with Crippen molar-refractivity contribution in [2.24, 2.45) is 0 Å². The van der Waals surface area contributed by atoms with Crippen LogP contribution in [0.5, 0.6) is 5.75 Å². The molecule has 3 fully saturated rings. The minimum absolute atomic E-state index is 0.0167. The number of nitrogens with zero attached hydrogens (tertiary/aromatic N) is 3. The average Bonchev–Trinajstić information content (AvgIpc) is 3.84. The zero-order valence-corrected chi connectivity index (χ0v) is 32.1. The molecule has 4 aliphatic rings. The third-order valence-corrected chi connectivity index (χ3v) is 13.1. The van der Waals surface area contributed by atoms with Gasteiger partial charge in [0, 0.05) is 40.7 Å². The molecule has 53 heavy (non-hydrogen) atoms. The number of amides is 2. The number of imidazole rings is 1. The number of sulfonamides is 1. The number of carbonyl (C=O) groups excluding carboxylic acids is 2. The molecule has 2 atom stereocenters. The van der Waals surface area contributed by atoms with Gasteiger partial charge in [0.05, 0.1) is 36.8 Å². The Bertz CT molecular complexity index is 2230. The second-order valence-electron chi connectivity index (χ2n) is 15.7. The van der Waals surface area contributed by atoms with Crippen molar-refractivity contribution in [1.82, 2.24) is 19.2 Å². The molecule has 12 heteroatoms. The van der Waals surface area contributed by atoms with Gasteiger partial charge in [0.1, 0.15) is 11.8 Å². The number of hydrogen-bond donors (Lipinski definition) is 2. The summed E-state index contributed by atoms with van der Waals surface area (Å²) in [6.07, 6.45) is 11.7. The van der Waals surface area contributed by atoms with E-state index in [1.165, 1.54) is 12.0 Å². The highest BCUT2D eigenvalue weighted by molar-refractivity contribution is 7.90. The second-order valence-corrected chi connectivity index (χ2v) is 17.9. The van der Waals surface area contributed by atoms with E-state index >= 15 is 0 Å². The summed E-state index contributed by atoms with van der Waals surface area (Å²) >= 11 is 0. The van der Waals surface area contributed by atoms with E-state index in [0.717, 1.165) is 83.3 Å². The van der Waals surface area contributed by atoms with Crippen molar-refractivity contribution in [2.45, 2.75) is 109 Å². The minimum atomic E-state index is -3.83. The number of ether oxygens (including phenoxy) is 2. The van der Waals surface area contributed by atoms with Crippen LogP contribution in [0.3, 0.4) is 0 Å². The van der Waals surface area contributed by atoms with Crippen molar-refractivity contribution in [3.05, 3.63) is 70.8 Å². The maximum Gasteiger partial charge on any atom is 0.298 e. The first-order chi connectivity index (χ1) is 25.4. The van der Waals surface area contributed by atoms with E-state index in [1.807, 2.05) is 43.3 Å².